The average Bonchev–Trinajstić information content (AvgIpc) is 2.45. The van der Waals surface area contributed by atoms with E-state index >= 15 is 0 Å². The van der Waals surface area contributed by atoms with Crippen molar-refractivity contribution in [1.29, 1.82) is 0 Å². The van der Waals surface area contributed by atoms with E-state index in [2.05, 4.69) is 15.3 Å². The Morgan fingerprint density at radius 2 is 1.86 bits per heavy atom. The summed E-state index contributed by atoms with van der Waals surface area (Å²) in [4.78, 5) is 8.67. The first-order chi connectivity index (χ1) is 9.85. The van der Waals surface area contributed by atoms with Gasteiger partial charge in [0.1, 0.15) is 11.6 Å². The van der Waals surface area contributed by atoms with Crippen molar-refractivity contribution in [3.05, 3.63) is 41.2 Å². The summed E-state index contributed by atoms with van der Waals surface area (Å²) in [5.41, 5.74) is 1.18. The van der Waals surface area contributed by atoms with Crippen LogP contribution in [0.4, 0.5) is 19.0 Å². The van der Waals surface area contributed by atoms with Crippen molar-refractivity contribution >= 4 is 5.82 Å². The number of hydrogen-bond donors (Lipinski definition) is 1. The summed E-state index contributed by atoms with van der Waals surface area (Å²) in [5.74, 6) is 1.30. The molecule has 0 aliphatic heterocycles. The second-order valence-corrected chi connectivity index (χ2v) is 4.69. The van der Waals surface area contributed by atoms with Crippen LogP contribution in [0, 0.1) is 6.92 Å². The topological polar surface area (TPSA) is 37.8 Å². The Labute approximate surface area is 121 Å². The first kappa shape index (κ1) is 15.3. The van der Waals surface area contributed by atoms with Gasteiger partial charge in [-0.3, -0.25) is 0 Å². The monoisotopic (exact) mass is 295 g/mol. The summed E-state index contributed by atoms with van der Waals surface area (Å²) in [5, 5.41) is 2.94. The quantitative estimate of drug-likeness (QED) is 0.927. The Morgan fingerprint density at radius 3 is 2.38 bits per heavy atom. The van der Waals surface area contributed by atoms with Crippen LogP contribution in [0.2, 0.25) is 0 Å². The van der Waals surface area contributed by atoms with Gasteiger partial charge in [0, 0.05) is 25.1 Å². The molecule has 1 aromatic carbocycles. The maximum absolute atomic E-state index is 12.7. The van der Waals surface area contributed by atoms with Crippen LogP contribution in [-0.2, 0) is 12.6 Å². The fourth-order valence-corrected chi connectivity index (χ4v) is 2.05. The van der Waals surface area contributed by atoms with E-state index in [1.165, 1.54) is 6.07 Å². The Kier molecular flexibility index (Phi) is 4.16. The SMILES string of the molecule is CCc1nc(NC)cc(-c2ccc(C(F)(F)F)cc2C)n1. The zero-order valence-corrected chi connectivity index (χ0v) is 12.0. The summed E-state index contributed by atoms with van der Waals surface area (Å²) >= 11 is 0. The molecule has 2 rings (SSSR count). The molecule has 21 heavy (non-hydrogen) atoms. The van der Waals surface area contributed by atoms with Crippen molar-refractivity contribution in [3.8, 4) is 11.3 Å². The summed E-state index contributed by atoms with van der Waals surface area (Å²) in [7, 11) is 1.74. The van der Waals surface area contributed by atoms with Gasteiger partial charge in [-0.25, -0.2) is 9.97 Å². The summed E-state index contributed by atoms with van der Waals surface area (Å²) in [6.07, 6.45) is -3.68. The molecule has 1 N–H and O–H groups in total. The molecule has 0 aliphatic rings. The van der Waals surface area contributed by atoms with Crippen molar-refractivity contribution in [3.63, 3.8) is 0 Å². The van der Waals surface area contributed by atoms with Crippen LogP contribution in [0.1, 0.15) is 23.9 Å². The maximum Gasteiger partial charge on any atom is 0.416 e. The van der Waals surface area contributed by atoms with Crippen LogP contribution in [-0.4, -0.2) is 17.0 Å². The van der Waals surface area contributed by atoms with Crippen LogP contribution >= 0.6 is 0 Å². The summed E-state index contributed by atoms with van der Waals surface area (Å²) < 4.78 is 38.1. The number of rotatable bonds is 3. The molecule has 0 bridgehead atoms. The van der Waals surface area contributed by atoms with Gasteiger partial charge in [0.15, 0.2) is 0 Å². The normalized spacial score (nSPS) is 11.5. The highest BCUT2D eigenvalue weighted by Crippen LogP contribution is 2.33. The largest absolute Gasteiger partial charge is 0.416 e. The number of nitrogens with one attached hydrogen (secondary N) is 1. The third-order valence-corrected chi connectivity index (χ3v) is 3.17. The molecule has 112 valence electrons. The molecule has 0 radical (unpaired) electrons. The molecule has 0 unspecified atom stereocenters. The van der Waals surface area contributed by atoms with Gasteiger partial charge in [-0.1, -0.05) is 13.0 Å². The molecule has 2 aromatic rings. The first-order valence-corrected chi connectivity index (χ1v) is 6.59. The van der Waals surface area contributed by atoms with Gasteiger partial charge in [-0.05, 0) is 24.6 Å². The lowest BCUT2D eigenvalue weighted by Crippen LogP contribution is -2.06. The number of alkyl halides is 3. The van der Waals surface area contributed by atoms with E-state index in [9.17, 15) is 13.2 Å². The van der Waals surface area contributed by atoms with Crippen molar-refractivity contribution in [2.75, 3.05) is 12.4 Å². The molecule has 0 saturated heterocycles. The Balaban J connectivity index is 2.52. The third-order valence-electron chi connectivity index (χ3n) is 3.17. The number of aryl methyl sites for hydroxylation is 2. The highest BCUT2D eigenvalue weighted by molar-refractivity contribution is 5.66. The first-order valence-electron chi connectivity index (χ1n) is 6.59. The maximum atomic E-state index is 12.7. The van der Waals surface area contributed by atoms with Gasteiger partial charge in [0.05, 0.1) is 11.3 Å². The predicted octanol–water partition coefficient (Wildman–Crippen LogP) is 4.07. The smallest absolute Gasteiger partial charge is 0.373 e. The molecule has 6 heteroatoms. The zero-order chi connectivity index (χ0) is 15.6. The van der Waals surface area contributed by atoms with Crippen molar-refractivity contribution < 1.29 is 13.2 Å². The fraction of sp³-hybridized carbons (Fsp3) is 0.333. The molecule has 0 fully saturated rings. The van der Waals surface area contributed by atoms with E-state index < -0.39 is 11.7 Å². The Bertz CT molecular complexity index is 629. The van der Waals surface area contributed by atoms with Crippen LogP contribution < -0.4 is 5.32 Å². The molecule has 0 aliphatic carbocycles. The van der Waals surface area contributed by atoms with Crippen LogP contribution in [0.15, 0.2) is 24.3 Å². The minimum atomic E-state index is -4.33. The lowest BCUT2D eigenvalue weighted by molar-refractivity contribution is -0.137. The second kappa shape index (κ2) is 5.71. The average molecular weight is 295 g/mol. The molecule has 3 nitrogen and oxygen atoms in total. The summed E-state index contributed by atoms with van der Waals surface area (Å²) in [6.45, 7) is 3.58. The molecule has 1 aromatic heterocycles. The van der Waals surface area contributed by atoms with Crippen molar-refractivity contribution in [1.82, 2.24) is 9.97 Å². The van der Waals surface area contributed by atoms with Crippen LogP contribution in [0.25, 0.3) is 11.3 Å². The molecule has 1 heterocycles. The van der Waals surface area contributed by atoms with Gasteiger partial charge in [0.25, 0.3) is 0 Å². The Morgan fingerprint density at radius 1 is 1.14 bits per heavy atom. The van der Waals surface area contributed by atoms with E-state index in [0.717, 1.165) is 12.1 Å². The molecular formula is C15H16F3N3. The number of aromatic nitrogens is 2. The van der Waals surface area contributed by atoms with Crippen LogP contribution in [0.3, 0.4) is 0 Å². The molecule has 0 spiro atoms. The lowest BCUT2D eigenvalue weighted by atomic mass is 10.0. The van der Waals surface area contributed by atoms with Gasteiger partial charge in [-0.2, -0.15) is 13.2 Å². The highest BCUT2D eigenvalue weighted by Gasteiger charge is 2.30. The molecule has 0 saturated carbocycles. The van der Waals surface area contributed by atoms with E-state index in [1.807, 2.05) is 6.92 Å². The second-order valence-electron chi connectivity index (χ2n) is 4.69. The van der Waals surface area contributed by atoms with Gasteiger partial charge in [0.2, 0.25) is 0 Å². The minimum Gasteiger partial charge on any atom is -0.373 e. The van der Waals surface area contributed by atoms with Crippen LogP contribution in [0.5, 0.6) is 0 Å². The highest BCUT2D eigenvalue weighted by atomic mass is 19.4. The van der Waals surface area contributed by atoms with Crippen molar-refractivity contribution in [2.24, 2.45) is 0 Å². The van der Waals surface area contributed by atoms with Gasteiger partial charge >= 0.3 is 6.18 Å². The lowest BCUT2D eigenvalue weighted by Gasteiger charge is -2.12. The Hall–Kier alpha value is -2.11. The fourth-order valence-electron chi connectivity index (χ4n) is 2.05. The number of benzene rings is 1. The number of nitrogens with zero attached hydrogens (tertiary/aromatic N) is 2. The molecule has 0 amide bonds. The van der Waals surface area contributed by atoms with E-state index in [4.69, 9.17) is 0 Å². The van der Waals surface area contributed by atoms with Gasteiger partial charge < -0.3 is 5.32 Å². The van der Waals surface area contributed by atoms with Crippen molar-refractivity contribution in [2.45, 2.75) is 26.4 Å². The number of anilines is 1. The molecular weight excluding hydrogens is 279 g/mol. The standard InChI is InChI=1S/C15H16F3N3/c1-4-13-20-12(8-14(19-3)21-13)11-6-5-10(7-9(11)2)15(16,17)18/h5-8H,4H2,1-3H3,(H,19,20,21). The van der Waals surface area contributed by atoms with E-state index in [0.29, 0.717) is 34.9 Å². The molecule has 0 atom stereocenters. The summed E-state index contributed by atoms with van der Waals surface area (Å²) in [6, 6.07) is 5.41. The van der Waals surface area contributed by atoms with Gasteiger partial charge in [-0.15, -0.1) is 0 Å². The number of halogens is 3. The zero-order valence-electron chi connectivity index (χ0n) is 12.0. The number of hydrogen-bond acceptors (Lipinski definition) is 3. The third kappa shape index (κ3) is 3.32. The minimum absolute atomic E-state index is 0.535. The van der Waals surface area contributed by atoms with E-state index in [-0.39, 0.29) is 0 Å². The predicted molar refractivity (Wildman–Crippen MR) is 76.1 cm³/mol. The van der Waals surface area contributed by atoms with E-state index in [1.54, 1.807) is 20.0 Å².